The molecule has 0 aliphatic rings. The minimum absolute atomic E-state index is 0.0434. The van der Waals surface area contributed by atoms with Gasteiger partial charge in [-0.05, 0) is 45.9 Å². The maximum atomic E-state index is 12.7. The molecule has 0 N–H and O–H groups in total. The summed E-state index contributed by atoms with van der Waals surface area (Å²) in [5.74, 6) is -0.220. The first-order valence-electron chi connectivity index (χ1n) is 8.28. The topological polar surface area (TPSA) is 53.5 Å². The van der Waals surface area contributed by atoms with Crippen molar-refractivity contribution >= 4 is 22.7 Å². The van der Waals surface area contributed by atoms with E-state index < -0.39 is 0 Å². The van der Waals surface area contributed by atoms with Crippen LogP contribution in [0.1, 0.15) is 35.5 Å². The van der Waals surface area contributed by atoms with Crippen LogP contribution in [0.3, 0.4) is 0 Å². The Balaban J connectivity index is 2.26. The Morgan fingerprint density at radius 2 is 1.75 bits per heavy atom. The molecular weight excluding hydrogens is 302 g/mol. The number of rotatable bonds is 5. The molecule has 0 spiro atoms. The standard InChI is InChI=1S/C19H25N3O2/c1-6-22(7-2)18(23)12-21(5)19(24)16-11-15-10-13(3)8-9-17(15)20-14(16)4/h8-11H,6-7,12H2,1-5H3. The molecule has 0 aliphatic heterocycles. The fourth-order valence-corrected chi connectivity index (χ4v) is 2.77. The number of carbonyl (C=O) groups excluding carboxylic acids is 2. The Kier molecular flexibility index (Phi) is 5.54. The van der Waals surface area contributed by atoms with Crippen molar-refractivity contribution in [2.75, 3.05) is 26.7 Å². The molecule has 0 saturated carbocycles. The number of nitrogens with zero attached hydrogens (tertiary/aromatic N) is 3. The predicted molar refractivity (Wildman–Crippen MR) is 96.1 cm³/mol. The zero-order valence-corrected chi connectivity index (χ0v) is 15.1. The molecule has 5 heteroatoms. The Labute approximate surface area is 143 Å². The van der Waals surface area contributed by atoms with Gasteiger partial charge >= 0.3 is 0 Å². The third kappa shape index (κ3) is 3.72. The molecule has 0 aliphatic carbocycles. The highest BCUT2D eigenvalue weighted by molar-refractivity contribution is 6.00. The summed E-state index contributed by atoms with van der Waals surface area (Å²) in [4.78, 5) is 32.7. The van der Waals surface area contributed by atoms with Gasteiger partial charge in [0.2, 0.25) is 5.91 Å². The summed E-state index contributed by atoms with van der Waals surface area (Å²) in [6, 6.07) is 7.84. The largest absolute Gasteiger partial charge is 0.342 e. The lowest BCUT2D eigenvalue weighted by molar-refractivity contribution is -0.131. The normalized spacial score (nSPS) is 10.7. The van der Waals surface area contributed by atoms with Crippen LogP contribution >= 0.6 is 0 Å². The van der Waals surface area contributed by atoms with E-state index in [1.807, 2.05) is 52.0 Å². The summed E-state index contributed by atoms with van der Waals surface area (Å²) < 4.78 is 0. The van der Waals surface area contributed by atoms with Gasteiger partial charge in [0.25, 0.3) is 5.91 Å². The summed E-state index contributed by atoms with van der Waals surface area (Å²) in [5, 5.41) is 0.937. The van der Waals surface area contributed by atoms with E-state index in [1.54, 1.807) is 11.9 Å². The second-order valence-corrected chi connectivity index (χ2v) is 6.04. The van der Waals surface area contributed by atoms with Crippen LogP contribution in [0.15, 0.2) is 24.3 Å². The molecule has 128 valence electrons. The monoisotopic (exact) mass is 327 g/mol. The van der Waals surface area contributed by atoms with Crippen molar-refractivity contribution < 1.29 is 9.59 Å². The van der Waals surface area contributed by atoms with Crippen molar-refractivity contribution in [3.8, 4) is 0 Å². The lowest BCUT2D eigenvalue weighted by Gasteiger charge is -2.23. The number of carbonyl (C=O) groups is 2. The molecule has 0 radical (unpaired) electrons. The van der Waals surface area contributed by atoms with Crippen LogP contribution in [0.5, 0.6) is 0 Å². The summed E-state index contributed by atoms with van der Waals surface area (Å²) in [7, 11) is 1.66. The SMILES string of the molecule is CCN(CC)C(=O)CN(C)C(=O)c1cc2cc(C)ccc2nc1C. The second-order valence-electron chi connectivity index (χ2n) is 6.04. The first kappa shape index (κ1) is 17.9. The van der Waals surface area contributed by atoms with E-state index >= 15 is 0 Å². The first-order valence-corrected chi connectivity index (χ1v) is 8.28. The van der Waals surface area contributed by atoms with Gasteiger partial charge in [-0.2, -0.15) is 0 Å². The molecular formula is C19H25N3O2. The van der Waals surface area contributed by atoms with Crippen molar-refractivity contribution in [2.24, 2.45) is 0 Å². The number of aromatic nitrogens is 1. The zero-order chi connectivity index (χ0) is 17.9. The van der Waals surface area contributed by atoms with Gasteiger partial charge in [0.05, 0.1) is 23.3 Å². The molecule has 1 heterocycles. The van der Waals surface area contributed by atoms with E-state index in [-0.39, 0.29) is 18.4 Å². The van der Waals surface area contributed by atoms with Crippen LogP contribution in [0.4, 0.5) is 0 Å². The van der Waals surface area contributed by atoms with Crippen LogP contribution in [-0.4, -0.2) is 53.3 Å². The predicted octanol–water partition coefficient (Wildman–Crippen LogP) is 2.79. The van der Waals surface area contributed by atoms with Gasteiger partial charge in [-0.1, -0.05) is 11.6 Å². The van der Waals surface area contributed by atoms with Crippen LogP contribution < -0.4 is 0 Å². The lowest BCUT2D eigenvalue weighted by Crippen LogP contribution is -2.41. The van der Waals surface area contributed by atoms with Crippen LogP contribution in [-0.2, 0) is 4.79 Å². The molecule has 2 amide bonds. The number of hydrogen-bond acceptors (Lipinski definition) is 3. The van der Waals surface area contributed by atoms with Gasteiger partial charge in [0.15, 0.2) is 0 Å². The molecule has 5 nitrogen and oxygen atoms in total. The average Bonchev–Trinajstić information content (AvgIpc) is 2.55. The Bertz CT molecular complexity index is 767. The third-order valence-electron chi connectivity index (χ3n) is 4.23. The number of hydrogen-bond donors (Lipinski definition) is 0. The van der Waals surface area contributed by atoms with E-state index in [0.717, 1.165) is 16.5 Å². The van der Waals surface area contributed by atoms with Gasteiger partial charge in [0, 0.05) is 25.5 Å². The lowest BCUT2D eigenvalue weighted by atomic mass is 10.1. The first-order chi connectivity index (χ1) is 11.4. The minimum Gasteiger partial charge on any atom is -0.342 e. The second kappa shape index (κ2) is 7.43. The highest BCUT2D eigenvalue weighted by Gasteiger charge is 2.20. The smallest absolute Gasteiger partial charge is 0.255 e. The summed E-state index contributed by atoms with van der Waals surface area (Å²) in [5.41, 5.74) is 3.22. The van der Waals surface area contributed by atoms with Crippen molar-refractivity contribution in [1.29, 1.82) is 0 Å². The van der Waals surface area contributed by atoms with Crippen LogP contribution in [0, 0.1) is 13.8 Å². The fourth-order valence-electron chi connectivity index (χ4n) is 2.77. The fraction of sp³-hybridized carbons (Fsp3) is 0.421. The quantitative estimate of drug-likeness (QED) is 0.848. The van der Waals surface area contributed by atoms with Gasteiger partial charge in [-0.15, -0.1) is 0 Å². The van der Waals surface area contributed by atoms with Gasteiger partial charge in [-0.25, -0.2) is 0 Å². The van der Waals surface area contributed by atoms with Crippen molar-refractivity contribution in [3.63, 3.8) is 0 Å². The molecule has 0 saturated heterocycles. The minimum atomic E-state index is -0.177. The van der Waals surface area contributed by atoms with E-state index in [0.29, 0.717) is 24.3 Å². The van der Waals surface area contributed by atoms with E-state index in [9.17, 15) is 9.59 Å². The molecule has 1 aromatic heterocycles. The summed E-state index contributed by atoms with van der Waals surface area (Å²) >= 11 is 0. The van der Waals surface area contributed by atoms with Crippen molar-refractivity contribution in [2.45, 2.75) is 27.7 Å². The average molecular weight is 327 g/mol. The Hall–Kier alpha value is -2.43. The maximum absolute atomic E-state index is 12.7. The van der Waals surface area contributed by atoms with E-state index in [2.05, 4.69) is 4.98 Å². The molecule has 2 aromatic rings. The summed E-state index contributed by atoms with van der Waals surface area (Å²) in [6.45, 7) is 9.07. The molecule has 1 aromatic carbocycles. The van der Waals surface area contributed by atoms with E-state index in [4.69, 9.17) is 0 Å². The molecule has 0 fully saturated rings. The Morgan fingerprint density at radius 3 is 2.38 bits per heavy atom. The number of amides is 2. The number of pyridine rings is 1. The molecule has 0 bridgehead atoms. The zero-order valence-electron chi connectivity index (χ0n) is 15.1. The highest BCUT2D eigenvalue weighted by Crippen LogP contribution is 2.19. The third-order valence-corrected chi connectivity index (χ3v) is 4.23. The van der Waals surface area contributed by atoms with Crippen molar-refractivity contribution in [3.05, 3.63) is 41.1 Å². The van der Waals surface area contributed by atoms with Crippen molar-refractivity contribution in [1.82, 2.24) is 14.8 Å². The maximum Gasteiger partial charge on any atom is 0.255 e. The highest BCUT2D eigenvalue weighted by atomic mass is 16.2. The molecule has 0 unspecified atom stereocenters. The molecule has 2 rings (SSSR count). The van der Waals surface area contributed by atoms with Gasteiger partial charge < -0.3 is 9.80 Å². The number of benzene rings is 1. The van der Waals surface area contributed by atoms with Gasteiger partial charge in [-0.3, -0.25) is 14.6 Å². The number of likely N-dealkylation sites (N-methyl/N-ethyl adjacent to an activating group) is 2. The Morgan fingerprint density at radius 1 is 1.08 bits per heavy atom. The van der Waals surface area contributed by atoms with Crippen LogP contribution in [0.2, 0.25) is 0 Å². The number of aryl methyl sites for hydroxylation is 2. The number of fused-ring (bicyclic) bond motifs is 1. The van der Waals surface area contributed by atoms with Gasteiger partial charge in [0.1, 0.15) is 0 Å². The van der Waals surface area contributed by atoms with Crippen LogP contribution in [0.25, 0.3) is 10.9 Å². The summed E-state index contributed by atoms with van der Waals surface area (Å²) in [6.07, 6.45) is 0. The molecule has 24 heavy (non-hydrogen) atoms. The molecule has 0 atom stereocenters. The van der Waals surface area contributed by atoms with E-state index in [1.165, 1.54) is 4.90 Å².